The van der Waals surface area contributed by atoms with Crippen molar-refractivity contribution in [2.75, 3.05) is 5.32 Å². The zero-order chi connectivity index (χ0) is 21.5. The molecule has 0 bridgehead atoms. The number of thiophene rings is 1. The van der Waals surface area contributed by atoms with E-state index >= 15 is 0 Å². The van der Waals surface area contributed by atoms with Crippen LogP contribution in [0.15, 0.2) is 55.0 Å². The van der Waals surface area contributed by atoms with E-state index in [9.17, 15) is 4.79 Å². The number of amides is 1. The minimum absolute atomic E-state index is 0.155. The zero-order valence-electron chi connectivity index (χ0n) is 17.4. The minimum Gasteiger partial charge on any atom is -0.319 e. The van der Waals surface area contributed by atoms with Crippen LogP contribution in [-0.2, 0) is 13.6 Å². The Balaban J connectivity index is 1.36. The molecule has 0 saturated carbocycles. The smallest absolute Gasteiger partial charge is 0.265 e. The molecule has 31 heavy (non-hydrogen) atoms. The minimum atomic E-state index is -0.155. The molecule has 5 aromatic rings. The highest BCUT2D eigenvalue weighted by molar-refractivity contribution is 7.20. The number of carbonyl (C=O) groups excluding carboxylic acids is 1. The summed E-state index contributed by atoms with van der Waals surface area (Å²) in [5, 5.41) is 17.3. The number of para-hydroxylation sites is 1. The molecular formula is C22H21N7OS. The van der Waals surface area contributed by atoms with Crippen molar-refractivity contribution in [1.82, 2.24) is 29.3 Å². The molecule has 0 unspecified atom stereocenters. The first-order valence-electron chi connectivity index (χ1n) is 9.85. The summed E-state index contributed by atoms with van der Waals surface area (Å²) in [5.74, 6) is -0.155. The highest BCUT2D eigenvalue weighted by Gasteiger charge is 2.18. The number of fused-ring (bicyclic) bond motifs is 1. The topological polar surface area (TPSA) is 82.6 Å². The van der Waals surface area contributed by atoms with E-state index in [0.29, 0.717) is 17.1 Å². The molecule has 1 aromatic carbocycles. The van der Waals surface area contributed by atoms with Crippen molar-refractivity contribution in [3.63, 3.8) is 0 Å². The van der Waals surface area contributed by atoms with E-state index in [0.717, 1.165) is 32.9 Å². The molecule has 156 valence electrons. The predicted molar refractivity (Wildman–Crippen MR) is 121 cm³/mol. The summed E-state index contributed by atoms with van der Waals surface area (Å²) < 4.78 is 5.47. The van der Waals surface area contributed by atoms with Crippen LogP contribution in [0.2, 0.25) is 0 Å². The lowest BCUT2D eigenvalue weighted by Crippen LogP contribution is -2.09. The summed E-state index contributed by atoms with van der Waals surface area (Å²) in [7, 11) is 1.90. The monoisotopic (exact) mass is 431 g/mol. The molecule has 4 heterocycles. The second-order valence-electron chi connectivity index (χ2n) is 7.46. The van der Waals surface area contributed by atoms with Crippen LogP contribution >= 0.6 is 11.3 Å². The summed E-state index contributed by atoms with van der Waals surface area (Å²) in [6.07, 6.45) is 5.47. The number of aromatic nitrogens is 6. The molecule has 0 fully saturated rings. The van der Waals surface area contributed by atoms with E-state index in [1.165, 1.54) is 11.3 Å². The Labute approximate surface area is 182 Å². The maximum Gasteiger partial charge on any atom is 0.265 e. The van der Waals surface area contributed by atoms with Gasteiger partial charge in [0, 0.05) is 30.4 Å². The van der Waals surface area contributed by atoms with Crippen molar-refractivity contribution in [3.8, 4) is 5.69 Å². The third kappa shape index (κ3) is 3.64. The van der Waals surface area contributed by atoms with Gasteiger partial charge < -0.3 is 5.32 Å². The standard InChI is InChI=1S/C22H21N7OS/c1-14-16(11-27(3)25-14)12-28-13-17(10-23-28)24-21(30)20-9-19-15(2)26-29(22(19)31-20)18-7-5-4-6-8-18/h4-11,13H,12H2,1-3H3,(H,24,30). The molecule has 9 heteroatoms. The maximum absolute atomic E-state index is 12.9. The second kappa shape index (κ2) is 7.51. The Morgan fingerprint density at radius 2 is 1.90 bits per heavy atom. The van der Waals surface area contributed by atoms with Gasteiger partial charge in [-0.25, -0.2) is 4.68 Å². The average molecular weight is 432 g/mol. The second-order valence-corrected chi connectivity index (χ2v) is 8.49. The van der Waals surface area contributed by atoms with Gasteiger partial charge >= 0.3 is 0 Å². The first-order chi connectivity index (χ1) is 15.0. The summed E-state index contributed by atoms with van der Waals surface area (Å²) in [6, 6.07) is 11.8. The van der Waals surface area contributed by atoms with E-state index in [2.05, 4.69) is 20.6 Å². The van der Waals surface area contributed by atoms with Crippen molar-refractivity contribution in [2.45, 2.75) is 20.4 Å². The van der Waals surface area contributed by atoms with Gasteiger partial charge in [0.2, 0.25) is 0 Å². The number of nitrogens with zero attached hydrogens (tertiary/aromatic N) is 6. The molecule has 4 aromatic heterocycles. The van der Waals surface area contributed by atoms with Crippen LogP contribution < -0.4 is 5.32 Å². The van der Waals surface area contributed by atoms with Gasteiger partial charge in [-0.1, -0.05) is 18.2 Å². The highest BCUT2D eigenvalue weighted by Crippen LogP contribution is 2.30. The van der Waals surface area contributed by atoms with Crippen molar-refractivity contribution in [1.29, 1.82) is 0 Å². The van der Waals surface area contributed by atoms with Crippen LogP contribution in [0.25, 0.3) is 15.9 Å². The Morgan fingerprint density at radius 1 is 1.10 bits per heavy atom. The van der Waals surface area contributed by atoms with Crippen LogP contribution in [-0.4, -0.2) is 35.2 Å². The average Bonchev–Trinajstić information content (AvgIpc) is 3.50. The Bertz CT molecular complexity index is 1390. The third-order valence-electron chi connectivity index (χ3n) is 5.11. The molecule has 0 aliphatic heterocycles. The maximum atomic E-state index is 12.9. The number of hydrogen-bond donors (Lipinski definition) is 1. The summed E-state index contributed by atoms with van der Waals surface area (Å²) >= 11 is 1.43. The number of anilines is 1. The molecule has 0 radical (unpaired) electrons. The summed E-state index contributed by atoms with van der Waals surface area (Å²) in [6.45, 7) is 4.53. The van der Waals surface area contributed by atoms with Crippen molar-refractivity contribution in [3.05, 3.63) is 76.8 Å². The predicted octanol–water partition coefficient (Wildman–Crippen LogP) is 3.93. The van der Waals surface area contributed by atoms with Crippen LogP contribution in [0.4, 0.5) is 5.69 Å². The molecular weight excluding hydrogens is 410 g/mol. The van der Waals surface area contributed by atoms with Crippen LogP contribution in [0, 0.1) is 13.8 Å². The van der Waals surface area contributed by atoms with Crippen LogP contribution in [0.3, 0.4) is 0 Å². The molecule has 1 N–H and O–H groups in total. The molecule has 0 saturated heterocycles. The van der Waals surface area contributed by atoms with Gasteiger partial charge in [-0.2, -0.15) is 15.3 Å². The van der Waals surface area contributed by atoms with Crippen molar-refractivity contribution >= 4 is 33.1 Å². The lowest BCUT2D eigenvalue weighted by atomic mass is 10.3. The van der Waals surface area contributed by atoms with E-state index in [-0.39, 0.29) is 5.91 Å². The third-order valence-corrected chi connectivity index (χ3v) is 6.22. The number of nitrogens with one attached hydrogen (secondary N) is 1. The Kier molecular flexibility index (Phi) is 4.67. The van der Waals surface area contributed by atoms with Gasteiger partial charge in [0.05, 0.1) is 40.4 Å². The van der Waals surface area contributed by atoms with Crippen LogP contribution in [0.1, 0.15) is 26.6 Å². The lowest BCUT2D eigenvalue weighted by Gasteiger charge is -2.02. The first-order valence-corrected chi connectivity index (χ1v) is 10.7. The van der Waals surface area contributed by atoms with Crippen molar-refractivity contribution < 1.29 is 4.79 Å². The van der Waals surface area contributed by atoms with Gasteiger partial charge in [0.1, 0.15) is 4.83 Å². The largest absolute Gasteiger partial charge is 0.319 e. The van der Waals surface area contributed by atoms with Gasteiger partial charge in [-0.3, -0.25) is 14.2 Å². The molecule has 0 aliphatic carbocycles. The summed E-state index contributed by atoms with van der Waals surface area (Å²) in [4.78, 5) is 14.5. The number of aryl methyl sites for hydroxylation is 3. The lowest BCUT2D eigenvalue weighted by molar-refractivity contribution is 0.103. The fourth-order valence-corrected chi connectivity index (χ4v) is 4.67. The molecule has 0 aliphatic rings. The number of rotatable bonds is 5. The molecule has 0 atom stereocenters. The number of hydrogen-bond acceptors (Lipinski definition) is 5. The van der Waals surface area contributed by atoms with Crippen molar-refractivity contribution in [2.24, 2.45) is 7.05 Å². The first kappa shape index (κ1) is 19.3. The van der Waals surface area contributed by atoms with Gasteiger partial charge in [0.15, 0.2) is 0 Å². The normalized spacial score (nSPS) is 11.3. The van der Waals surface area contributed by atoms with E-state index in [1.54, 1.807) is 15.6 Å². The fraction of sp³-hybridized carbons (Fsp3) is 0.182. The zero-order valence-corrected chi connectivity index (χ0v) is 18.2. The van der Waals surface area contributed by atoms with E-state index in [1.807, 2.05) is 74.4 Å². The molecule has 0 spiro atoms. The van der Waals surface area contributed by atoms with Crippen LogP contribution in [0.5, 0.6) is 0 Å². The SMILES string of the molecule is Cc1nn(C)cc1Cn1cc(NC(=O)c2cc3c(C)nn(-c4ccccc4)c3s2)cn1. The quantitative estimate of drug-likeness (QED) is 0.457. The Hall–Kier alpha value is -3.72. The molecule has 5 rings (SSSR count). The van der Waals surface area contributed by atoms with Gasteiger partial charge in [-0.15, -0.1) is 11.3 Å². The van der Waals surface area contributed by atoms with E-state index < -0.39 is 0 Å². The number of carbonyl (C=O) groups is 1. The molecule has 8 nitrogen and oxygen atoms in total. The fourth-order valence-electron chi connectivity index (χ4n) is 3.59. The Morgan fingerprint density at radius 3 is 2.65 bits per heavy atom. The highest BCUT2D eigenvalue weighted by atomic mass is 32.1. The van der Waals surface area contributed by atoms with Gasteiger partial charge in [-0.05, 0) is 32.0 Å². The summed E-state index contributed by atoms with van der Waals surface area (Å²) in [5.41, 5.74) is 4.59. The molecule has 1 amide bonds. The van der Waals surface area contributed by atoms with E-state index in [4.69, 9.17) is 0 Å². The van der Waals surface area contributed by atoms with Gasteiger partial charge in [0.25, 0.3) is 5.91 Å². The number of benzene rings is 1.